The maximum absolute atomic E-state index is 12.2. The Hall–Kier alpha value is -2.60. The molecule has 1 aromatic heterocycles. The molecule has 0 aliphatic carbocycles. The van der Waals surface area contributed by atoms with Crippen molar-refractivity contribution in [1.82, 2.24) is 4.98 Å². The molecule has 3 rings (SSSR count). The zero-order valence-electron chi connectivity index (χ0n) is 14.4. The number of benzene rings is 2. The quantitative estimate of drug-likeness (QED) is 0.585. The molecule has 0 spiro atoms. The monoisotopic (exact) mass is 414 g/mol. The number of nitrogens with zero attached hydrogens (tertiary/aromatic N) is 1. The number of halogens is 1. The van der Waals surface area contributed by atoms with Crippen LogP contribution in [0.4, 0.5) is 5.69 Å². The summed E-state index contributed by atoms with van der Waals surface area (Å²) >= 11 is 3.44. The van der Waals surface area contributed by atoms with Crippen molar-refractivity contribution in [2.75, 3.05) is 11.9 Å². The lowest BCUT2D eigenvalue weighted by atomic mass is 10.2. The third-order valence-corrected chi connectivity index (χ3v) is 4.18. The molecule has 2 aromatic carbocycles. The lowest BCUT2D eigenvalue weighted by molar-refractivity contribution is -0.116. The number of amides is 1. The van der Waals surface area contributed by atoms with Crippen LogP contribution < -0.4 is 10.1 Å². The predicted octanol–water partition coefficient (Wildman–Crippen LogP) is 5.07. The van der Waals surface area contributed by atoms with Crippen LogP contribution >= 0.6 is 15.9 Å². The van der Waals surface area contributed by atoms with Gasteiger partial charge in [0.15, 0.2) is 11.7 Å². The number of aromatic nitrogens is 1. The third-order valence-electron chi connectivity index (χ3n) is 3.69. The first kappa shape index (κ1) is 18.2. The zero-order chi connectivity index (χ0) is 18.4. The molecule has 0 saturated carbocycles. The Bertz CT molecular complexity index is 892. The maximum atomic E-state index is 12.2. The van der Waals surface area contributed by atoms with Crippen LogP contribution in [0.1, 0.15) is 19.2 Å². The second-order valence-electron chi connectivity index (χ2n) is 5.61. The molecule has 0 unspecified atom stereocenters. The minimum Gasteiger partial charge on any atom is -0.492 e. The van der Waals surface area contributed by atoms with Gasteiger partial charge in [-0.3, -0.25) is 4.79 Å². The van der Waals surface area contributed by atoms with Gasteiger partial charge in [0, 0.05) is 22.9 Å². The summed E-state index contributed by atoms with van der Waals surface area (Å²) in [6.07, 6.45) is 2.38. The van der Waals surface area contributed by atoms with Crippen LogP contribution in [0.25, 0.3) is 11.3 Å². The fraction of sp³-hybridized carbons (Fsp3) is 0.200. The highest BCUT2D eigenvalue weighted by Gasteiger charge is 2.11. The standard InChI is InChI=1S/C20H19BrN2O3/c1-2-25-17-9-4-3-8-16(17)23-19(24)10-11-20-22-13-18(26-20)14-6-5-7-15(21)12-14/h3-9,12-13H,2,10-11H2,1H3,(H,23,24). The molecule has 1 amide bonds. The Morgan fingerprint density at radius 3 is 2.88 bits per heavy atom. The summed E-state index contributed by atoms with van der Waals surface area (Å²) < 4.78 is 12.2. The summed E-state index contributed by atoms with van der Waals surface area (Å²) in [6.45, 7) is 2.45. The first-order valence-electron chi connectivity index (χ1n) is 8.38. The lowest BCUT2D eigenvalue weighted by Gasteiger charge is -2.10. The first-order chi connectivity index (χ1) is 12.7. The SMILES string of the molecule is CCOc1ccccc1NC(=O)CCc1ncc(-c2cccc(Br)c2)o1. The van der Waals surface area contributed by atoms with Gasteiger partial charge in [0.2, 0.25) is 5.91 Å². The summed E-state index contributed by atoms with van der Waals surface area (Å²) in [5, 5.41) is 2.87. The van der Waals surface area contributed by atoms with E-state index >= 15 is 0 Å². The second-order valence-corrected chi connectivity index (χ2v) is 6.52. The zero-order valence-corrected chi connectivity index (χ0v) is 16.0. The van der Waals surface area contributed by atoms with Crippen LogP contribution in [0.5, 0.6) is 5.75 Å². The van der Waals surface area contributed by atoms with Crippen LogP contribution in [-0.2, 0) is 11.2 Å². The van der Waals surface area contributed by atoms with Crippen LogP contribution in [0.15, 0.2) is 63.6 Å². The summed E-state index contributed by atoms with van der Waals surface area (Å²) in [4.78, 5) is 16.5. The van der Waals surface area contributed by atoms with Crippen molar-refractivity contribution in [2.45, 2.75) is 19.8 Å². The molecule has 0 saturated heterocycles. The fourth-order valence-electron chi connectivity index (χ4n) is 2.49. The highest BCUT2D eigenvalue weighted by atomic mass is 79.9. The van der Waals surface area contributed by atoms with Gasteiger partial charge in [-0.05, 0) is 31.2 Å². The van der Waals surface area contributed by atoms with Gasteiger partial charge in [0.05, 0.1) is 18.5 Å². The van der Waals surface area contributed by atoms with Crippen molar-refractivity contribution in [3.8, 4) is 17.1 Å². The number of anilines is 1. The van der Waals surface area contributed by atoms with E-state index in [1.54, 1.807) is 6.20 Å². The molecule has 0 aliphatic rings. The smallest absolute Gasteiger partial charge is 0.224 e. The summed E-state index contributed by atoms with van der Waals surface area (Å²) in [6, 6.07) is 15.2. The fourth-order valence-corrected chi connectivity index (χ4v) is 2.88. The van der Waals surface area contributed by atoms with Crippen molar-refractivity contribution in [3.63, 3.8) is 0 Å². The average molecular weight is 415 g/mol. The number of para-hydroxylation sites is 2. The molecule has 0 fully saturated rings. The van der Waals surface area contributed by atoms with Crippen molar-refractivity contribution in [1.29, 1.82) is 0 Å². The largest absolute Gasteiger partial charge is 0.492 e. The van der Waals surface area contributed by atoms with Crippen LogP contribution in [-0.4, -0.2) is 17.5 Å². The Morgan fingerprint density at radius 1 is 1.23 bits per heavy atom. The number of carbonyl (C=O) groups excluding carboxylic acids is 1. The minimum absolute atomic E-state index is 0.112. The molecular formula is C20H19BrN2O3. The molecule has 1 heterocycles. The number of aryl methyl sites for hydroxylation is 1. The molecule has 0 atom stereocenters. The van der Waals surface area contributed by atoms with Crippen LogP contribution in [0.3, 0.4) is 0 Å². The van der Waals surface area contributed by atoms with Crippen LogP contribution in [0, 0.1) is 0 Å². The Balaban J connectivity index is 1.59. The van der Waals surface area contributed by atoms with Gasteiger partial charge in [0.1, 0.15) is 5.75 Å². The van der Waals surface area contributed by atoms with Crippen molar-refractivity contribution >= 4 is 27.5 Å². The third kappa shape index (κ3) is 4.73. The van der Waals surface area contributed by atoms with Gasteiger partial charge >= 0.3 is 0 Å². The Morgan fingerprint density at radius 2 is 2.08 bits per heavy atom. The highest BCUT2D eigenvalue weighted by molar-refractivity contribution is 9.10. The number of ether oxygens (including phenoxy) is 1. The van der Waals surface area contributed by atoms with E-state index in [0.717, 1.165) is 10.0 Å². The summed E-state index contributed by atoms with van der Waals surface area (Å²) in [7, 11) is 0. The average Bonchev–Trinajstić information content (AvgIpc) is 3.11. The number of carbonyl (C=O) groups is 1. The van der Waals surface area contributed by atoms with E-state index in [1.165, 1.54) is 0 Å². The Labute approximate surface area is 160 Å². The van der Waals surface area contributed by atoms with Gasteiger partial charge in [0.25, 0.3) is 0 Å². The number of hydrogen-bond acceptors (Lipinski definition) is 4. The molecule has 0 bridgehead atoms. The molecule has 0 aliphatic heterocycles. The lowest BCUT2D eigenvalue weighted by Crippen LogP contribution is -2.13. The van der Waals surface area contributed by atoms with Crippen molar-refractivity contribution in [2.24, 2.45) is 0 Å². The highest BCUT2D eigenvalue weighted by Crippen LogP contribution is 2.25. The van der Waals surface area contributed by atoms with E-state index in [2.05, 4.69) is 26.2 Å². The molecule has 1 N–H and O–H groups in total. The first-order valence-corrected chi connectivity index (χ1v) is 9.17. The molecular weight excluding hydrogens is 396 g/mol. The molecule has 6 heteroatoms. The van der Waals surface area contributed by atoms with Gasteiger partial charge in [-0.1, -0.05) is 40.2 Å². The molecule has 26 heavy (non-hydrogen) atoms. The van der Waals surface area contributed by atoms with Gasteiger partial charge in [-0.15, -0.1) is 0 Å². The minimum atomic E-state index is -0.112. The predicted molar refractivity (Wildman–Crippen MR) is 104 cm³/mol. The molecule has 0 radical (unpaired) electrons. The summed E-state index contributed by atoms with van der Waals surface area (Å²) in [5.74, 6) is 1.77. The molecule has 5 nitrogen and oxygen atoms in total. The Kier molecular flexibility index (Phi) is 6.07. The number of rotatable bonds is 7. The molecule has 134 valence electrons. The van der Waals surface area contributed by atoms with Gasteiger partial charge < -0.3 is 14.5 Å². The second kappa shape index (κ2) is 8.67. The van der Waals surface area contributed by atoms with E-state index < -0.39 is 0 Å². The topological polar surface area (TPSA) is 64.4 Å². The maximum Gasteiger partial charge on any atom is 0.224 e. The van der Waals surface area contributed by atoms with E-state index in [9.17, 15) is 4.79 Å². The van der Waals surface area contributed by atoms with E-state index in [-0.39, 0.29) is 12.3 Å². The molecule has 3 aromatic rings. The van der Waals surface area contributed by atoms with Gasteiger partial charge in [-0.25, -0.2) is 4.98 Å². The van der Waals surface area contributed by atoms with Crippen molar-refractivity contribution < 1.29 is 13.9 Å². The van der Waals surface area contributed by atoms with Crippen molar-refractivity contribution in [3.05, 3.63) is 65.1 Å². The number of hydrogen-bond donors (Lipinski definition) is 1. The van der Waals surface area contributed by atoms with Gasteiger partial charge in [-0.2, -0.15) is 0 Å². The van der Waals surface area contributed by atoms with E-state index in [1.807, 2.05) is 55.5 Å². The number of nitrogens with one attached hydrogen (secondary N) is 1. The van der Waals surface area contributed by atoms with E-state index in [4.69, 9.17) is 9.15 Å². The van der Waals surface area contributed by atoms with E-state index in [0.29, 0.717) is 36.1 Å². The summed E-state index contributed by atoms with van der Waals surface area (Å²) in [5.41, 5.74) is 1.61. The number of oxazole rings is 1. The normalized spacial score (nSPS) is 10.5. The van der Waals surface area contributed by atoms with Crippen LogP contribution in [0.2, 0.25) is 0 Å².